The zero-order valence-corrected chi connectivity index (χ0v) is 15.5. The van der Waals surface area contributed by atoms with E-state index in [1.807, 2.05) is 6.92 Å². The van der Waals surface area contributed by atoms with E-state index in [0.717, 1.165) is 19.2 Å². The number of pyridine rings is 1. The van der Waals surface area contributed by atoms with Gasteiger partial charge in [-0.25, -0.2) is 4.98 Å². The molecule has 1 N–H and O–H groups in total. The lowest BCUT2D eigenvalue weighted by Crippen LogP contribution is -2.33. The zero-order valence-electron chi connectivity index (χ0n) is 14.7. The molecular formula is C16H18ClF5N4O. The highest BCUT2D eigenvalue weighted by Crippen LogP contribution is 2.38. The first-order chi connectivity index (χ1) is 12.6. The van der Waals surface area contributed by atoms with Gasteiger partial charge in [-0.15, -0.1) is 0 Å². The number of hydrogen-bond acceptors (Lipinski definition) is 4. The Bertz CT molecular complexity index is 794. The molecule has 0 fully saturated rings. The molecule has 27 heavy (non-hydrogen) atoms. The molecular weight excluding hydrogens is 395 g/mol. The predicted octanol–water partition coefficient (Wildman–Crippen LogP) is 5.14. The molecule has 5 nitrogen and oxygen atoms in total. The van der Waals surface area contributed by atoms with Crippen molar-refractivity contribution >= 4 is 17.4 Å². The molecule has 0 radical (unpaired) electrons. The molecule has 0 aromatic carbocycles. The number of nitrogens with one attached hydrogen (secondary N) is 1. The molecule has 0 aliphatic heterocycles. The van der Waals surface area contributed by atoms with Crippen LogP contribution >= 0.6 is 11.6 Å². The summed E-state index contributed by atoms with van der Waals surface area (Å²) < 4.78 is 69.9. The number of ether oxygens (including phenoxy) is 1. The Morgan fingerprint density at radius 2 is 1.96 bits per heavy atom. The molecule has 150 valence electrons. The number of aromatic nitrogens is 3. The van der Waals surface area contributed by atoms with E-state index >= 15 is 0 Å². The molecule has 0 spiro atoms. The van der Waals surface area contributed by atoms with Gasteiger partial charge in [0.25, 0.3) is 0 Å². The Hall–Kier alpha value is -2.10. The van der Waals surface area contributed by atoms with Gasteiger partial charge in [0.2, 0.25) is 0 Å². The molecule has 2 heterocycles. The molecule has 0 saturated carbocycles. The number of halogens is 6. The van der Waals surface area contributed by atoms with Gasteiger partial charge in [-0.1, -0.05) is 18.5 Å². The van der Waals surface area contributed by atoms with E-state index in [-0.39, 0.29) is 22.2 Å². The van der Waals surface area contributed by atoms with Crippen molar-refractivity contribution in [2.75, 3.05) is 5.32 Å². The van der Waals surface area contributed by atoms with Crippen LogP contribution in [-0.4, -0.2) is 33.6 Å². The van der Waals surface area contributed by atoms with Crippen LogP contribution < -0.4 is 10.1 Å². The van der Waals surface area contributed by atoms with Crippen molar-refractivity contribution in [2.45, 2.75) is 52.6 Å². The molecule has 0 saturated heterocycles. The van der Waals surface area contributed by atoms with Gasteiger partial charge in [-0.2, -0.15) is 27.1 Å². The van der Waals surface area contributed by atoms with E-state index in [1.54, 1.807) is 6.92 Å². The van der Waals surface area contributed by atoms with Crippen LogP contribution in [-0.2, 0) is 13.0 Å². The first-order valence-corrected chi connectivity index (χ1v) is 8.49. The van der Waals surface area contributed by atoms with Gasteiger partial charge in [-0.3, -0.25) is 4.68 Å². The van der Waals surface area contributed by atoms with Gasteiger partial charge in [0.15, 0.2) is 0 Å². The van der Waals surface area contributed by atoms with Crippen LogP contribution in [0, 0.1) is 0 Å². The lowest BCUT2D eigenvalue weighted by atomic mass is 10.1. The van der Waals surface area contributed by atoms with Gasteiger partial charge >= 0.3 is 12.8 Å². The Morgan fingerprint density at radius 1 is 1.30 bits per heavy atom. The van der Waals surface area contributed by atoms with Crippen molar-refractivity contribution in [3.8, 4) is 17.0 Å². The summed E-state index contributed by atoms with van der Waals surface area (Å²) in [5.74, 6) is -0.607. The topological polar surface area (TPSA) is 52.0 Å². The summed E-state index contributed by atoms with van der Waals surface area (Å²) >= 11 is 6.32. The number of alkyl halides is 5. The standard InChI is InChI=1S/C16H18ClF5N4O/c1-4-10-13(17)14(26(5-2)25-10)9-7-23-12(6-11(9)27-15(18)19)24-8(3)16(20,21)22/h6-8,15H,4-5H2,1-3H3,(H,23,24)/t8-/m1/s1. The lowest BCUT2D eigenvalue weighted by Gasteiger charge is -2.19. The zero-order chi connectivity index (χ0) is 20.4. The smallest absolute Gasteiger partial charge is 0.408 e. The molecule has 0 amide bonds. The fourth-order valence-corrected chi connectivity index (χ4v) is 2.76. The minimum Gasteiger partial charge on any atom is -0.434 e. The number of hydrogen-bond donors (Lipinski definition) is 1. The van der Waals surface area contributed by atoms with E-state index in [0.29, 0.717) is 24.4 Å². The maximum absolute atomic E-state index is 12.9. The Morgan fingerprint density at radius 3 is 2.48 bits per heavy atom. The van der Waals surface area contributed by atoms with Crippen LogP contribution in [0.4, 0.5) is 27.8 Å². The van der Waals surface area contributed by atoms with Crippen LogP contribution in [0.5, 0.6) is 5.75 Å². The van der Waals surface area contributed by atoms with Crippen molar-refractivity contribution in [1.29, 1.82) is 0 Å². The minimum absolute atomic E-state index is 0.111. The highest BCUT2D eigenvalue weighted by molar-refractivity contribution is 6.33. The number of aryl methyl sites for hydroxylation is 2. The third kappa shape index (κ3) is 4.79. The highest BCUT2D eigenvalue weighted by atomic mass is 35.5. The molecule has 11 heteroatoms. The van der Waals surface area contributed by atoms with Crippen LogP contribution in [0.3, 0.4) is 0 Å². The Balaban J connectivity index is 2.53. The molecule has 2 aromatic rings. The predicted molar refractivity (Wildman–Crippen MR) is 91.3 cm³/mol. The van der Waals surface area contributed by atoms with E-state index in [1.165, 1.54) is 4.68 Å². The van der Waals surface area contributed by atoms with Crippen molar-refractivity contribution in [1.82, 2.24) is 14.8 Å². The molecule has 0 aliphatic carbocycles. The largest absolute Gasteiger partial charge is 0.434 e. The first-order valence-electron chi connectivity index (χ1n) is 8.12. The van der Waals surface area contributed by atoms with Crippen LogP contribution in [0.15, 0.2) is 12.3 Å². The average molecular weight is 413 g/mol. The van der Waals surface area contributed by atoms with E-state index < -0.39 is 18.8 Å². The van der Waals surface area contributed by atoms with Crippen molar-refractivity contribution in [3.05, 3.63) is 23.0 Å². The van der Waals surface area contributed by atoms with Gasteiger partial charge in [0.05, 0.1) is 22.0 Å². The van der Waals surface area contributed by atoms with Crippen LogP contribution in [0.2, 0.25) is 5.02 Å². The Kier molecular flexibility index (Phi) is 6.50. The van der Waals surface area contributed by atoms with Crippen molar-refractivity contribution in [2.24, 2.45) is 0 Å². The number of rotatable bonds is 7. The third-order valence-corrected chi connectivity index (χ3v) is 4.18. The van der Waals surface area contributed by atoms with Gasteiger partial charge in [0, 0.05) is 18.8 Å². The maximum atomic E-state index is 12.9. The second-order valence-corrected chi connectivity index (χ2v) is 6.01. The maximum Gasteiger partial charge on any atom is 0.408 e. The van der Waals surface area contributed by atoms with E-state index in [2.05, 4.69) is 20.1 Å². The molecule has 0 bridgehead atoms. The summed E-state index contributed by atoms with van der Waals surface area (Å²) in [6.45, 7) is 1.72. The van der Waals surface area contributed by atoms with E-state index in [9.17, 15) is 22.0 Å². The van der Waals surface area contributed by atoms with Gasteiger partial charge in [0.1, 0.15) is 17.6 Å². The summed E-state index contributed by atoms with van der Waals surface area (Å²) in [6, 6.07) is -0.940. The van der Waals surface area contributed by atoms with Crippen molar-refractivity contribution in [3.63, 3.8) is 0 Å². The monoisotopic (exact) mass is 412 g/mol. The molecule has 0 unspecified atom stereocenters. The summed E-state index contributed by atoms with van der Waals surface area (Å²) in [5.41, 5.74) is 0.985. The Labute approximate surface area is 157 Å². The molecule has 2 rings (SSSR count). The van der Waals surface area contributed by atoms with Gasteiger partial charge in [-0.05, 0) is 20.3 Å². The fourth-order valence-electron chi connectivity index (χ4n) is 2.39. The normalized spacial score (nSPS) is 13.1. The number of nitrogens with zero attached hydrogens (tertiary/aromatic N) is 3. The lowest BCUT2D eigenvalue weighted by molar-refractivity contribution is -0.138. The fraction of sp³-hybridized carbons (Fsp3) is 0.500. The van der Waals surface area contributed by atoms with E-state index in [4.69, 9.17) is 11.6 Å². The summed E-state index contributed by atoms with van der Waals surface area (Å²) in [7, 11) is 0. The third-order valence-electron chi connectivity index (χ3n) is 3.79. The molecule has 2 aromatic heterocycles. The van der Waals surface area contributed by atoms with Crippen LogP contribution in [0.25, 0.3) is 11.3 Å². The molecule has 1 atom stereocenters. The minimum atomic E-state index is -4.52. The SMILES string of the molecule is CCc1nn(CC)c(-c2cnc(N[C@H](C)C(F)(F)F)cc2OC(F)F)c1Cl. The van der Waals surface area contributed by atoms with Gasteiger partial charge < -0.3 is 10.1 Å². The second-order valence-electron chi connectivity index (χ2n) is 5.63. The average Bonchev–Trinajstić information content (AvgIpc) is 2.89. The number of anilines is 1. The second kappa shape index (κ2) is 8.28. The summed E-state index contributed by atoms with van der Waals surface area (Å²) in [5, 5.41) is 6.67. The quantitative estimate of drug-likeness (QED) is 0.639. The molecule has 0 aliphatic rings. The summed E-state index contributed by atoms with van der Waals surface area (Å²) in [4.78, 5) is 3.89. The highest BCUT2D eigenvalue weighted by Gasteiger charge is 2.36. The van der Waals surface area contributed by atoms with Crippen molar-refractivity contribution < 1.29 is 26.7 Å². The first kappa shape index (κ1) is 21.2. The van der Waals surface area contributed by atoms with Crippen LogP contribution in [0.1, 0.15) is 26.5 Å². The summed E-state index contributed by atoms with van der Waals surface area (Å²) in [6.07, 6.45) is -2.87.